The number of hydrogen-bond donors (Lipinski definition) is 3. The molecule has 0 saturated heterocycles. The van der Waals surface area contributed by atoms with Crippen molar-refractivity contribution >= 4 is 35.2 Å². The predicted molar refractivity (Wildman–Crippen MR) is 93.6 cm³/mol. The van der Waals surface area contributed by atoms with Gasteiger partial charge >= 0.3 is 6.09 Å². The van der Waals surface area contributed by atoms with Crippen molar-refractivity contribution in [2.75, 3.05) is 19.0 Å². The Balaban J connectivity index is 2.84. The summed E-state index contributed by atoms with van der Waals surface area (Å²) in [6.07, 6.45) is -1.20. The molecule has 9 heteroatoms. The molecule has 0 heterocycles. The minimum atomic E-state index is -1.19. The van der Waals surface area contributed by atoms with Gasteiger partial charge in [0, 0.05) is 5.02 Å². The molecule has 8 nitrogen and oxygen atoms in total. The molecular weight excluding hydrogens is 350 g/mol. The number of methoxy groups -OCH3 is 1. The van der Waals surface area contributed by atoms with E-state index < -0.39 is 23.9 Å². The Labute approximate surface area is 151 Å². The summed E-state index contributed by atoms with van der Waals surface area (Å²) in [7, 11) is 1.43. The van der Waals surface area contributed by atoms with Crippen LogP contribution in [0.1, 0.15) is 20.3 Å². The van der Waals surface area contributed by atoms with Crippen LogP contribution >= 0.6 is 11.6 Å². The molecule has 3 amide bonds. The van der Waals surface area contributed by atoms with E-state index in [1.54, 1.807) is 12.1 Å². The summed E-state index contributed by atoms with van der Waals surface area (Å²) in [5.41, 5.74) is 5.44. The van der Waals surface area contributed by atoms with Gasteiger partial charge < -0.3 is 25.8 Å². The molecule has 0 bridgehead atoms. The number of benzene rings is 1. The predicted octanol–water partition coefficient (Wildman–Crippen LogP) is 1.91. The van der Waals surface area contributed by atoms with E-state index in [1.807, 2.05) is 13.8 Å². The SMILES string of the molecule is COc1ccc(Cl)cc1NC(=O)[C@H](CC(N)=O)NC(=O)OCC(C)C. The standard InChI is InChI=1S/C16H22ClN3O5/c1-9(2)8-25-16(23)20-12(7-14(18)21)15(22)19-11-6-10(17)4-5-13(11)24-3/h4-6,9,12H,7-8H2,1-3H3,(H2,18,21)(H,19,22)(H,20,23)/t12-/m0/s1. The summed E-state index contributed by atoms with van der Waals surface area (Å²) in [5.74, 6) is -0.897. The molecule has 1 atom stereocenters. The Hall–Kier alpha value is -2.48. The minimum Gasteiger partial charge on any atom is -0.495 e. The van der Waals surface area contributed by atoms with E-state index in [0.29, 0.717) is 16.5 Å². The van der Waals surface area contributed by atoms with Crippen molar-refractivity contribution in [3.05, 3.63) is 23.2 Å². The number of nitrogens with two attached hydrogens (primary N) is 1. The van der Waals surface area contributed by atoms with Crippen molar-refractivity contribution in [1.82, 2.24) is 5.32 Å². The number of hydrogen-bond acceptors (Lipinski definition) is 5. The zero-order valence-corrected chi connectivity index (χ0v) is 15.1. The molecule has 0 unspecified atom stereocenters. The maximum atomic E-state index is 12.4. The number of nitrogens with one attached hydrogen (secondary N) is 2. The van der Waals surface area contributed by atoms with Gasteiger partial charge in [-0.25, -0.2) is 4.79 Å². The van der Waals surface area contributed by atoms with Crippen LogP contribution in [-0.4, -0.2) is 37.7 Å². The van der Waals surface area contributed by atoms with Crippen molar-refractivity contribution < 1.29 is 23.9 Å². The van der Waals surface area contributed by atoms with Gasteiger partial charge in [0.15, 0.2) is 0 Å². The number of rotatable bonds is 8. The molecule has 4 N–H and O–H groups in total. The Kier molecular flexibility index (Phi) is 8.00. The number of anilines is 1. The van der Waals surface area contributed by atoms with Crippen molar-refractivity contribution in [3.63, 3.8) is 0 Å². The van der Waals surface area contributed by atoms with Crippen molar-refractivity contribution in [2.24, 2.45) is 11.7 Å². The highest BCUT2D eigenvalue weighted by molar-refractivity contribution is 6.31. The fourth-order valence-electron chi connectivity index (χ4n) is 1.83. The second-order valence-electron chi connectivity index (χ2n) is 5.69. The summed E-state index contributed by atoms with van der Waals surface area (Å²) in [5, 5.41) is 5.26. The van der Waals surface area contributed by atoms with E-state index in [-0.39, 0.29) is 18.9 Å². The van der Waals surface area contributed by atoms with Crippen molar-refractivity contribution in [3.8, 4) is 5.75 Å². The second-order valence-corrected chi connectivity index (χ2v) is 6.13. The fraction of sp³-hybridized carbons (Fsp3) is 0.438. The zero-order valence-electron chi connectivity index (χ0n) is 14.3. The third-order valence-electron chi connectivity index (χ3n) is 2.98. The van der Waals surface area contributed by atoms with Crippen molar-refractivity contribution in [2.45, 2.75) is 26.3 Å². The van der Waals surface area contributed by atoms with E-state index in [0.717, 1.165) is 0 Å². The number of alkyl carbamates (subject to hydrolysis) is 1. The molecule has 0 aliphatic rings. The number of carbonyl (C=O) groups excluding carboxylic acids is 3. The molecule has 1 aromatic rings. The summed E-state index contributed by atoms with van der Waals surface area (Å²) >= 11 is 5.91. The lowest BCUT2D eigenvalue weighted by molar-refractivity contribution is -0.123. The third kappa shape index (κ3) is 7.30. The molecule has 0 aliphatic heterocycles. The number of halogens is 1. The minimum absolute atomic E-state index is 0.130. The molecule has 0 saturated carbocycles. The highest BCUT2D eigenvalue weighted by atomic mass is 35.5. The maximum absolute atomic E-state index is 12.4. The van der Waals surface area contributed by atoms with E-state index in [4.69, 9.17) is 26.8 Å². The molecule has 0 aromatic heterocycles. The number of primary amides is 1. The first-order chi connectivity index (χ1) is 11.7. The van der Waals surface area contributed by atoms with Gasteiger partial charge in [-0.1, -0.05) is 25.4 Å². The highest BCUT2D eigenvalue weighted by Gasteiger charge is 2.24. The van der Waals surface area contributed by atoms with E-state index >= 15 is 0 Å². The summed E-state index contributed by atoms with van der Waals surface area (Å²) in [6.45, 7) is 3.91. The van der Waals surface area contributed by atoms with Crippen LogP contribution < -0.4 is 21.1 Å². The zero-order chi connectivity index (χ0) is 19.0. The van der Waals surface area contributed by atoms with Crippen LogP contribution in [0.15, 0.2) is 18.2 Å². The summed E-state index contributed by atoms with van der Waals surface area (Å²) < 4.78 is 10.1. The molecule has 25 heavy (non-hydrogen) atoms. The van der Waals surface area contributed by atoms with Gasteiger partial charge in [0.2, 0.25) is 11.8 Å². The Bertz CT molecular complexity index is 636. The average molecular weight is 372 g/mol. The topological polar surface area (TPSA) is 120 Å². The van der Waals surface area contributed by atoms with E-state index in [1.165, 1.54) is 13.2 Å². The van der Waals surface area contributed by atoms with Gasteiger partial charge in [-0.3, -0.25) is 9.59 Å². The first kappa shape index (κ1) is 20.6. The lowest BCUT2D eigenvalue weighted by Crippen LogP contribution is -2.46. The quantitative estimate of drug-likeness (QED) is 0.644. The maximum Gasteiger partial charge on any atom is 0.407 e. The van der Waals surface area contributed by atoms with Crippen LogP contribution in [0.25, 0.3) is 0 Å². The average Bonchev–Trinajstić information content (AvgIpc) is 2.52. The molecular formula is C16H22ClN3O5. The van der Waals surface area contributed by atoms with Crippen LogP contribution in [0.4, 0.5) is 10.5 Å². The van der Waals surface area contributed by atoms with Gasteiger partial charge in [0.25, 0.3) is 0 Å². The number of ether oxygens (including phenoxy) is 2. The van der Waals surface area contributed by atoms with Crippen LogP contribution in [0.5, 0.6) is 5.75 Å². The second kappa shape index (κ2) is 9.73. The summed E-state index contributed by atoms with van der Waals surface area (Å²) in [6, 6.07) is 3.46. The van der Waals surface area contributed by atoms with Gasteiger partial charge in [-0.05, 0) is 24.1 Å². The van der Waals surface area contributed by atoms with E-state index in [9.17, 15) is 14.4 Å². The molecule has 0 aliphatic carbocycles. The first-order valence-electron chi connectivity index (χ1n) is 7.59. The lowest BCUT2D eigenvalue weighted by Gasteiger charge is -2.18. The molecule has 0 spiro atoms. The molecule has 0 radical (unpaired) electrons. The Morgan fingerprint density at radius 1 is 1.28 bits per heavy atom. The van der Waals surface area contributed by atoms with Gasteiger partial charge in [-0.15, -0.1) is 0 Å². The van der Waals surface area contributed by atoms with Crippen LogP contribution in [-0.2, 0) is 14.3 Å². The third-order valence-corrected chi connectivity index (χ3v) is 3.22. The van der Waals surface area contributed by atoms with Crippen LogP contribution in [0.2, 0.25) is 5.02 Å². The fourth-order valence-corrected chi connectivity index (χ4v) is 2.01. The van der Waals surface area contributed by atoms with Crippen LogP contribution in [0, 0.1) is 5.92 Å². The summed E-state index contributed by atoms with van der Waals surface area (Å²) in [4.78, 5) is 35.4. The lowest BCUT2D eigenvalue weighted by atomic mass is 10.1. The largest absolute Gasteiger partial charge is 0.495 e. The first-order valence-corrected chi connectivity index (χ1v) is 7.96. The molecule has 1 aromatic carbocycles. The normalized spacial score (nSPS) is 11.6. The Morgan fingerprint density at radius 3 is 2.52 bits per heavy atom. The van der Waals surface area contributed by atoms with Crippen LogP contribution in [0.3, 0.4) is 0 Å². The monoisotopic (exact) mass is 371 g/mol. The number of amides is 3. The Morgan fingerprint density at radius 2 is 1.96 bits per heavy atom. The molecule has 1 rings (SSSR count). The van der Waals surface area contributed by atoms with Gasteiger partial charge in [-0.2, -0.15) is 0 Å². The van der Waals surface area contributed by atoms with Gasteiger partial charge in [0.05, 0.1) is 25.8 Å². The molecule has 0 fully saturated rings. The van der Waals surface area contributed by atoms with E-state index in [2.05, 4.69) is 10.6 Å². The smallest absolute Gasteiger partial charge is 0.407 e. The van der Waals surface area contributed by atoms with Crippen molar-refractivity contribution in [1.29, 1.82) is 0 Å². The highest BCUT2D eigenvalue weighted by Crippen LogP contribution is 2.27. The molecule has 138 valence electrons. The number of carbonyl (C=O) groups is 3. The van der Waals surface area contributed by atoms with Gasteiger partial charge in [0.1, 0.15) is 11.8 Å².